The molecule has 2 rings (SSSR count). The van der Waals surface area contributed by atoms with E-state index < -0.39 is 0 Å². The highest BCUT2D eigenvalue weighted by atomic mass is 32.2. The number of nitrogens with one attached hydrogen (secondary N) is 2. The minimum Gasteiger partial charge on any atom is -0.376 e. The van der Waals surface area contributed by atoms with Crippen LogP contribution in [0.25, 0.3) is 0 Å². The number of thiophene rings is 1. The normalized spacial score (nSPS) is 17.9. The summed E-state index contributed by atoms with van der Waals surface area (Å²) in [5, 5.41) is 7.80. The standard InChI is InChI=1S/C13H20N2O2S2/c1-17-13(4-7-18-8-5-13)10-15-12(16)14-9-11-3-2-6-19-11/h2-3,6H,4-5,7-10H2,1H3,(H2,14,15,16). The molecule has 0 aromatic carbocycles. The summed E-state index contributed by atoms with van der Waals surface area (Å²) >= 11 is 3.59. The molecule has 0 atom stereocenters. The first-order valence-electron chi connectivity index (χ1n) is 6.41. The second-order valence-corrected chi connectivity index (χ2v) is 6.87. The fourth-order valence-corrected chi connectivity index (χ4v) is 3.96. The Kier molecular flexibility index (Phi) is 5.54. The number of urea groups is 1. The first-order valence-corrected chi connectivity index (χ1v) is 8.44. The molecule has 0 aliphatic carbocycles. The molecule has 0 radical (unpaired) electrons. The quantitative estimate of drug-likeness (QED) is 0.878. The van der Waals surface area contributed by atoms with Crippen LogP contribution < -0.4 is 10.6 Å². The zero-order valence-corrected chi connectivity index (χ0v) is 12.7. The highest BCUT2D eigenvalue weighted by molar-refractivity contribution is 7.99. The number of carbonyl (C=O) groups excluding carboxylic acids is 1. The largest absolute Gasteiger partial charge is 0.376 e. The Morgan fingerprint density at radius 3 is 2.84 bits per heavy atom. The molecule has 1 aliphatic rings. The molecular weight excluding hydrogens is 280 g/mol. The third-order valence-electron chi connectivity index (χ3n) is 3.41. The Balaban J connectivity index is 1.72. The molecule has 19 heavy (non-hydrogen) atoms. The minimum atomic E-state index is -0.175. The SMILES string of the molecule is COC1(CNC(=O)NCc2cccs2)CCSCC1. The zero-order chi connectivity index (χ0) is 13.6. The van der Waals surface area contributed by atoms with E-state index in [-0.39, 0.29) is 11.6 Å². The molecule has 1 aromatic heterocycles. The summed E-state index contributed by atoms with van der Waals surface area (Å²) in [6, 6.07) is 3.88. The summed E-state index contributed by atoms with van der Waals surface area (Å²) in [4.78, 5) is 12.9. The van der Waals surface area contributed by atoms with Crippen molar-refractivity contribution >= 4 is 29.1 Å². The first kappa shape index (κ1) is 14.7. The number of amides is 2. The second-order valence-electron chi connectivity index (χ2n) is 4.62. The maximum absolute atomic E-state index is 11.8. The number of hydrogen-bond donors (Lipinski definition) is 2. The molecule has 0 spiro atoms. The number of rotatable bonds is 5. The van der Waals surface area contributed by atoms with Crippen molar-refractivity contribution in [2.75, 3.05) is 25.2 Å². The van der Waals surface area contributed by atoms with E-state index in [9.17, 15) is 4.79 Å². The van der Waals surface area contributed by atoms with Gasteiger partial charge in [0, 0.05) is 18.5 Å². The van der Waals surface area contributed by atoms with Crippen molar-refractivity contribution < 1.29 is 9.53 Å². The lowest BCUT2D eigenvalue weighted by atomic mass is 9.96. The van der Waals surface area contributed by atoms with Crippen molar-refractivity contribution in [1.29, 1.82) is 0 Å². The highest BCUT2D eigenvalue weighted by Gasteiger charge is 2.32. The molecule has 2 amide bonds. The third-order valence-corrected chi connectivity index (χ3v) is 5.27. The van der Waals surface area contributed by atoms with Gasteiger partial charge in [-0.1, -0.05) is 6.07 Å². The van der Waals surface area contributed by atoms with Crippen LogP contribution in [0.3, 0.4) is 0 Å². The van der Waals surface area contributed by atoms with Gasteiger partial charge in [-0.05, 0) is 35.8 Å². The maximum atomic E-state index is 11.8. The molecule has 2 N–H and O–H groups in total. The molecule has 0 saturated carbocycles. The Labute approximate surface area is 122 Å². The van der Waals surface area contributed by atoms with Crippen molar-refractivity contribution in [1.82, 2.24) is 10.6 Å². The Morgan fingerprint density at radius 1 is 1.42 bits per heavy atom. The van der Waals surface area contributed by atoms with Crippen molar-refractivity contribution in [3.05, 3.63) is 22.4 Å². The van der Waals surface area contributed by atoms with Gasteiger partial charge in [-0.25, -0.2) is 4.79 Å². The Hall–Kier alpha value is -0.720. The predicted molar refractivity (Wildman–Crippen MR) is 80.9 cm³/mol. The molecule has 0 unspecified atom stereocenters. The van der Waals surface area contributed by atoms with Crippen molar-refractivity contribution in [3.63, 3.8) is 0 Å². The number of hydrogen-bond acceptors (Lipinski definition) is 4. The second kappa shape index (κ2) is 7.17. The topological polar surface area (TPSA) is 50.4 Å². The van der Waals surface area contributed by atoms with Gasteiger partial charge in [0.1, 0.15) is 0 Å². The molecule has 1 aliphatic heterocycles. The minimum absolute atomic E-state index is 0.122. The summed E-state index contributed by atoms with van der Waals surface area (Å²) in [5.41, 5.74) is -0.175. The van der Waals surface area contributed by atoms with Gasteiger partial charge < -0.3 is 15.4 Å². The summed E-state index contributed by atoms with van der Waals surface area (Å²) < 4.78 is 5.63. The van der Waals surface area contributed by atoms with Gasteiger partial charge in [-0.2, -0.15) is 11.8 Å². The Morgan fingerprint density at radius 2 is 2.21 bits per heavy atom. The molecule has 1 saturated heterocycles. The number of carbonyl (C=O) groups is 1. The lowest BCUT2D eigenvalue weighted by Crippen LogP contribution is -2.49. The van der Waals surface area contributed by atoms with E-state index in [2.05, 4.69) is 10.6 Å². The van der Waals surface area contributed by atoms with Crippen LogP contribution in [0.15, 0.2) is 17.5 Å². The summed E-state index contributed by atoms with van der Waals surface area (Å²) in [6.45, 7) is 1.17. The van der Waals surface area contributed by atoms with Crippen LogP contribution in [0, 0.1) is 0 Å². The first-order chi connectivity index (χ1) is 9.24. The summed E-state index contributed by atoms with van der Waals surface area (Å²) in [6.07, 6.45) is 2.00. The smallest absolute Gasteiger partial charge is 0.315 e. The van der Waals surface area contributed by atoms with Gasteiger partial charge in [0.25, 0.3) is 0 Å². The van der Waals surface area contributed by atoms with Crippen LogP contribution in [0.5, 0.6) is 0 Å². The van der Waals surface area contributed by atoms with Crippen LogP contribution in [0.1, 0.15) is 17.7 Å². The van der Waals surface area contributed by atoms with E-state index in [1.807, 2.05) is 29.3 Å². The van der Waals surface area contributed by atoms with E-state index in [1.165, 1.54) is 0 Å². The Bertz CT molecular complexity index is 389. The van der Waals surface area contributed by atoms with E-state index >= 15 is 0 Å². The molecule has 1 aromatic rings. The number of thioether (sulfide) groups is 1. The monoisotopic (exact) mass is 300 g/mol. The highest BCUT2D eigenvalue weighted by Crippen LogP contribution is 2.29. The molecule has 4 nitrogen and oxygen atoms in total. The van der Waals surface area contributed by atoms with E-state index in [0.717, 1.165) is 29.2 Å². The summed E-state index contributed by atoms with van der Waals surface area (Å²) in [5.74, 6) is 2.21. The van der Waals surface area contributed by atoms with Crippen molar-refractivity contribution in [2.24, 2.45) is 0 Å². The van der Waals surface area contributed by atoms with E-state index in [4.69, 9.17) is 4.74 Å². The van der Waals surface area contributed by atoms with Crippen molar-refractivity contribution in [2.45, 2.75) is 25.0 Å². The van der Waals surface area contributed by atoms with Crippen LogP contribution >= 0.6 is 23.1 Å². The van der Waals surface area contributed by atoms with Gasteiger partial charge in [0.15, 0.2) is 0 Å². The van der Waals surface area contributed by atoms with E-state index in [0.29, 0.717) is 13.1 Å². The fourth-order valence-electron chi connectivity index (χ4n) is 2.08. The summed E-state index contributed by atoms with van der Waals surface area (Å²) in [7, 11) is 1.74. The molecule has 2 heterocycles. The van der Waals surface area contributed by atoms with Crippen LogP contribution in [0.4, 0.5) is 4.79 Å². The van der Waals surface area contributed by atoms with Crippen LogP contribution in [-0.2, 0) is 11.3 Å². The van der Waals surface area contributed by atoms with Gasteiger partial charge in [0.2, 0.25) is 0 Å². The molecule has 106 valence electrons. The number of methoxy groups -OCH3 is 1. The van der Waals surface area contributed by atoms with Gasteiger partial charge in [0.05, 0.1) is 12.1 Å². The van der Waals surface area contributed by atoms with Gasteiger partial charge in [-0.15, -0.1) is 11.3 Å². The average molecular weight is 300 g/mol. The molecule has 1 fully saturated rings. The average Bonchev–Trinajstić information content (AvgIpc) is 2.97. The van der Waals surface area contributed by atoms with Crippen molar-refractivity contribution in [3.8, 4) is 0 Å². The zero-order valence-electron chi connectivity index (χ0n) is 11.1. The molecule has 0 bridgehead atoms. The predicted octanol–water partition coefficient (Wildman–Crippen LogP) is 2.46. The molecular formula is C13H20N2O2S2. The lowest BCUT2D eigenvalue weighted by molar-refractivity contribution is -0.0137. The lowest BCUT2D eigenvalue weighted by Gasteiger charge is -2.35. The van der Waals surface area contributed by atoms with Gasteiger partial charge in [-0.3, -0.25) is 0 Å². The third kappa shape index (κ3) is 4.40. The van der Waals surface area contributed by atoms with Gasteiger partial charge >= 0.3 is 6.03 Å². The fraction of sp³-hybridized carbons (Fsp3) is 0.615. The molecule has 6 heteroatoms. The van der Waals surface area contributed by atoms with Crippen LogP contribution in [0.2, 0.25) is 0 Å². The van der Waals surface area contributed by atoms with Crippen LogP contribution in [-0.4, -0.2) is 36.8 Å². The maximum Gasteiger partial charge on any atom is 0.315 e. The number of ether oxygens (including phenoxy) is 1. The van der Waals surface area contributed by atoms with E-state index in [1.54, 1.807) is 18.4 Å².